The van der Waals surface area contributed by atoms with Crippen LogP contribution in [0.5, 0.6) is 0 Å². The maximum Gasteiger partial charge on any atom is 0.416 e. The Morgan fingerprint density at radius 2 is 1.90 bits per heavy atom. The molecule has 0 unspecified atom stereocenters. The maximum absolute atomic E-state index is 13.1. The van der Waals surface area contributed by atoms with Gasteiger partial charge in [0.1, 0.15) is 18.0 Å². The van der Waals surface area contributed by atoms with Gasteiger partial charge in [-0.2, -0.15) is 23.0 Å². The highest BCUT2D eigenvalue weighted by atomic mass is 19.4. The molecule has 1 aliphatic carbocycles. The van der Waals surface area contributed by atoms with E-state index < -0.39 is 17.6 Å². The fourth-order valence-corrected chi connectivity index (χ4v) is 3.95. The molecule has 1 saturated carbocycles. The lowest BCUT2D eigenvalue weighted by Crippen LogP contribution is -2.14. The van der Waals surface area contributed by atoms with Crippen LogP contribution in [0.25, 0.3) is 5.82 Å². The van der Waals surface area contributed by atoms with Crippen molar-refractivity contribution in [2.24, 2.45) is 0 Å². The molecule has 0 spiro atoms. The van der Waals surface area contributed by atoms with Gasteiger partial charge in [-0.15, -0.1) is 0 Å². The van der Waals surface area contributed by atoms with Gasteiger partial charge in [0.25, 0.3) is 5.91 Å². The molecule has 1 amide bonds. The van der Waals surface area contributed by atoms with Crippen molar-refractivity contribution in [2.45, 2.75) is 38.5 Å². The third kappa shape index (κ3) is 6.34. The molecule has 0 saturated heterocycles. The summed E-state index contributed by atoms with van der Waals surface area (Å²) < 4.78 is 40.9. The molecule has 9 nitrogen and oxygen atoms in total. The van der Waals surface area contributed by atoms with E-state index in [1.54, 1.807) is 16.8 Å². The summed E-state index contributed by atoms with van der Waals surface area (Å²) in [6.07, 6.45) is -0.830. The highest BCUT2D eigenvalue weighted by Crippen LogP contribution is 2.31. The Balaban J connectivity index is 1.40. The number of nitrogens with one attached hydrogen (secondary N) is 4. The number of amides is 1. The lowest BCUT2D eigenvalue weighted by molar-refractivity contribution is -0.137. The van der Waals surface area contributed by atoms with Crippen LogP contribution in [0.3, 0.4) is 0 Å². The van der Waals surface area contributed by atoms with Gasteiger partial charge in [-0.05, 0) is 62.7 Å². The summed E-state index contributed by atoms with van der Waals surface area (Å²) >= 11 is 0. The quantitative estimate of drug-likeness (QED) is 0.231. The van der Waals surface area contributed by atoms with Crippen LogP contribution in [0.4, 0.5) is 36.2 Å². The topological polar surface area (TPSA) is 109 Å². The van der Waals surface area contributed by atoms with E-state index in [-0.39, 0.29) is 5.56 Å². The summed E-state index contributed by atoms with van der Waals surface area (Å²) in [5.41, 5.74) is 1.79. The second-order valence-corrected chi connectivity index (χ2v) is 9.33. The first kappa shape index (κ1) is 26.2. The van der Waals surface area contributed by atoms with Crippen molar-refractivity contribution in [1.82, 2.24) is 25.1 Å². The number of rotatable bonds is 9. The van der Waals surface area contributed by atoms with Crippen LogP contribution >= 0.6 is 0 Å². The number of aryl methyl sites for hydroxylation is 1. The highest BCUT2D eigenvalue weighted by Gasteiger charge is 2.31. The number of halogens is 3. The lowest BCUT2D eigenvalue weighted by Gasteiger charge is -2.14. The molecule has 12 heteroatoms. The monoisotopic (exact) mass is 536 g/mol. The van der Waals surface area contributed by atoms with Crippen molar-refractivity contribution < 1.29 is 18.0 Å². The molecular formula is C27H27F3N8O. The Kier molecular flexibility index (Phi) is 7.20. The average molecular weight is 537 g/mol. The largest absolute Gasteiger partial charge is 0.416 e. The number of nitrogens with zero attached hydrogens (tertiary/aromatic N) is 4. The van der Waals surface area contributed by atoms with Crippen molar-refractivity contribution in [3.63, 3.8) is 0 Å². The van der Waals surface area contributed by atoms with Gasteiger partial charge in [0.05, 0.1) is 11.3 Å². The molecular weight excluding hydrogens is 509 g/mol. The van der Waals surface area contributed by atoms with Gasteiger partial charge in [-0.1, -0.05) is 12.1 Å². The van der Waals surface area contributed by atoms with Crippen LogP contribution < -0.4 is 21.3 Å². The molecule has 2 heterocycles. The van der Waals surface area contributed by atoms with E-state index in [0.29, 0.717) is 35.6 Å². The molecule has 5 rings (SSSR count). The Morgan fingerprint density at radius 1 is 1.08 bits per heavy atom. The maximum atomic E-state index is 13.1. The van der Waals surface area contributed by atoms with Crippen molar-refractivity contribution in [1.29, 1.82) is 0 Å². The van der Waals surface area contributed by atoms with Crippen LogP contribution in [0, 0.1) is 6.92 Å². The van der Waals surface area contributed by atoms with Crippen molar-refractivity contribution in [3.8, 4) is 5.82 Å². The first-order valence-corrected chi connectivity index (χ1v) is 12.4. The number of benzene rings is 2. The number of hydrogen-bond donors (Lipinski definition) is 4. The standard InChI is InChI=1S/C27H27F3N8O/c1-16-6-7-20(35-26(39)17-4-3-5-18(10-17)27(28,29)30)11-22(16)36-25-12-21(14-31-2)37-38(25)24-13-23(32-15-33-24)34-19-8-9-19/h3-7,10-13,15,19,31,36H,8-9,14H2,1-2H3,(H,35,39)(H,32,33,34). The molecule has 4 aromatic rings. The molecule has 1 aliphatic rings. The fourth-order valence-electron chi connectivity index (χ4n) is 3.95. The minimum Gasteiger partial charge on any atom is -0.367 e. The van der Waals surface area contributed by atoms with E-state index in [9.17, 15) is 18.0 Å². The van der Waals surface area contributed by atoms with Gasteiger partial charge in [-0.3, -0.25) is 4.79 Å². The Bertz CT molecular complexity index is 1500. The first-order chi connectivity index (χ1) is 18.7. The van der Waals surface area contributed by atoms with E-state index in [1.807, 2.05) is 32.2 Å². The van der Waals surface area contributed by atoms with Gasteiger partial charge in [0.15, 0.2) is 5.82 Å². The van der Waals surface area contributed by atoms with Crippen LogP contribution in [0.1, 0.15) is 40.0 Å². The molecule has 202 valence electrons. The second-order valence-electron chi connectivity index (χ2n) is 9.33. The summed E-state index contributed by atoms with van der Waals surface area (Å²) in [4.78, 5) is 21.4. The van der Waals surface area contributed by atoms with E-state index in [0.717, 1.165) is 42.0 Å². The van der Waals surface area contributed by atoms with Crippen LogP contribution in [0.2, 0.25) is 0 Å². The molecule has 1 fully saturated rings. The Hall–Kier alpha value is -4.45. The molecule has 0 bridgehead atoms. The average Bonchev–Trinajstić information content (AvgIpc) is 3.63. The Morgan fingerprint density at radius 3 is 2.64 bits per heavy atom. The number of anilines is 4. The van der Waals surface area contributed by atoms with Crippen LogP contribution in [-0.4, -0.2) is 38.7 Å². The van der Waals surface area contributed by atoms with Crippen molar-refractivity contribution >= 4 is 28.9 Å². The van der Waals surface area contributed by atoms with Crippen molar-refractivity contribution in [3.05, 3.63) is 83.3 Å². The van der Waals surface area contributed by atoms with Gasteiger partial charge in [-0.25, -0.2) is 9.97 Å². The Labute approximate surface area is 222 Å². The summed E-state index contributed by atoms with van der Waals surface area (Å²) in [6.45, 7) is 2.43. The second kappa shape index (κ2) is 10.7. The summed E-state index contributed by atoms with van der Waals surface area (Å²) in [6, 6.07) is 13.7. The minimum atomic E-state index is -4.54. The lowest BCUT2D eigenvalue weighted by atomic mass is 10.1. The molecule has 0 atom stereocenters. The van der Waals surface area contributed by atoms with Crippen LogP contribution in [-0.2, 0) is 12.7 Å². The predicted octanol–water partition coefficient (Wildman–Crippen LogP) is 5.28. The van der Waals surface area contributed by atoms with E-state index in [1.165, 1.54) is 18.5 Å². The SMILES string of the molecule is CNCc1cc(Nc2cc(NC(=O)c3cccc(C(F)(F)F)c3)ccc2C)n(-c2cc(NC3CC3)ncn2)n1. The third-order valence-corrected chi connectivity index (χ3v) is 6.13. The van der Waals surface area contributed by atoms with Gasteiger partial charge in [0, 0.05) is 41.7 Å². The van der Waals surface area contributed by atoms with E-state index >= 15 is 0 Å². The molecule has 0 aliphatic heterocycles. The minimum absolute atomic E-state index is 0.0888. The number of carbonyl (C=O) groups excluding carboxylic acids is 1. The summed E-state index contributed by atoms with van der Waals surface area (Å²) in [5.74, 6) is 1.29. The summed E-state index contributed by atoms with van der Waals surface area (Å²) in [7, 11) is 1.83. The van der Waals surface area contributed by atoms with E-state index in [2.05, 4.69) is 36.3 Å². The molecule has 4 N–H and O–H groups in total. The molecule has 39 heavy (non-hydrogen) atoms. The number of aromatic nitrogens is 4. The number of hydrogen-bond acceptors (Lipinski definition) is 7. The van der Waals surface area contributed by atoms with Gasteiger partial charge >= 0.3 is 6.18 Å². The molecule has 0 radical (unpaired) electrons. The normalized spacial score (nSPS) is 13.3. The molecule has 2 aromatic carbocycles. The zero-order valence-electron chi connectivity index (χ0n) is 21.3. The van der Waals surface area contributed by atoms with Gasteiger partial charge < -0.3 is 21.3 Å². The number of alkyl halides is 3. The highest BCUT2D eigenvalue weighted by molar-refractivity contribution is 6.04. The fraction of sp³-hybridized carbons (Fsp3) is 0.259. The predicted molar refractivity (Wildman–Crippen MR) is 142 cm³/mol. The third-order valence-electron chi connectivity index (χ3n) is 6.13. The molecule has 2 aromatic heterocycles. The van der Waals surface area contributed by atoms with E-state index in [4.69, 9.17) is 0 Å². The summed E-state index contributed by atoms with van der Waals surface area (Å²) in [5, 5.41) is 17.2. The first-order valence-electron chi connectivity index (χ1n) is 12.4. The number of carbonyl (C=O) groups is 1. The zero-order chi connectivity index (χ0) is 27.6. The van der Waals surface area contributed by atoms with Gasteiger partial charge in [0.2, 0.25) is 0 Å². The van der Waals surface area contributed by atoms with Crippen LogP contribution in [0.15, 0.2) is 60.9 Å². The zero-order valence-corrected chi connectivity index (χ0v) is 21.3. The van der Waals surface area contributed by atoms with Crippen molar-refractivity contribution in [2.75, 3.05) is 23.0 Å². The smallest absolute Gasteiger partial charge is 0.367 e.